The van der Waals surface area contributed by atoms with Crippen LogP contribution in [0, 0.1) is 11.5 Å². The Morgan fingerprint density at radius 1 is 1.35 bits per heavy atom. The van der Waals surface area contributed by atoms with Crippen molar-refractivity contribution < 1.29 is 0 Å². The Morgan fingerprint density at radius 2 is 2.12 bits per heavy atom. The number of benzene rings is 1. The van der Waals surface area contributed by atoms with Gasteiger partial charge in [-0.1, -0.05) is 30.3 Å². The molecule has 0 unspecified atom stereocenters. The van der Waals surface area contributed by atoms with Crippen molar-refractivity contribution in [2.24, 2.45) is 15.1 Å². The summed E-state index contributed by atoms with van der Waals surface area (Å²) < 4.78 is 0. The third-order valence-electron chi connectivity index (χ3n) is 1.71. The molecular weight excluding hydrogens is 216 g/mol. The number of hydrogen-bond acceptors (Lipinski definition) is 3. The summed E-state index contributed by atoms with van der Waals surface area (Å²) in [6, 6.07) is 9.63. The van der Waals surface area contributed by atoms with Crippen LogP contribution in [0.1, 0.15) is 5.56 Å². The minimum atomic E-state index is 0.305. The summed E-state index contributed by atoms with van der Waals surface area (Å²) in [6.07, 6.45) is 4.59. The van der Waals surface area contributed by atoms with Gasteiger partial charge in [-0.05, 0) is 5.56 Å². The van der Waals surface area contributed by atoms with E-state index in [1.165, 1.54) is 6.34 Å². The monoisotopic (exact) mass is 228 g/mol. The van der Waals surface area contributed by atoms with Gasteiger partial charge in [0.05, 0.1) is 6.21 Å². The zero-order valence-corrected chi connectivity index (χ0v) is 9.33. The SMILES string of the molecule is CN=C(/N=C/NC#N)N/N=C/c1ccccc1. The maximum atomic E-state index is 8.23. The predicted octanol–water partition coefficient (Wildman–Crippen LogP) is 0.695. The molecule has 0 bridgehead atoms. The molecule has 0 saturated heterocycles. The standard InChI is InChI=1S/C11H12N6/c1-13-11(15-9-14-8-12)17-16-7-10-5-3-2-4-6-10/h2-7,9H,1H3,(H2,13,14,15,17)/b16-7+. The Kier molecular flexibility index (Phi) is 5.53. The fourth-order valence-corrected chi connectivity index (χ4v) is 0.963. The molecule has 1 rings (SSSR count). The Bertz CT molecular complexity index is 455. The molecule has 17 heavy (non-hydrogen) atoms. The van der Waals surface area contributed by atoms with Gasteiger partial charge in [0.15, 0.2) is 6.19 Å². The predicted molar refractivity (Wildman–Crippen MR) is 67.8 cm³/mol. The molecule has 0 aliphatic heterocycles. The Balaban J connectivity index is 2.49. The van der Waals surface area contributed by atoms with E-state index in [0.717, 1.165) is 5.56 Å². The normalized spacial score (nSPS) is 11.6. The van der Waals surface area contributed by atoms with E-state index in [2.05, 4.69) is 25.8 Å². The van der Waals surface area contributed by atoms with E-state index in [1.54, 1.807) is 19.5 Å². The number of nitriles is 1. The fourth-order valence-electron chi connectivity index (χ4n) is 0.963. The van der Waals surface area contributed by atoms with E-state index < -0.39 is 0 Å². The zero-order chi connectivity index (χ0) is 12.3. The summed E-state index contributed by atoms with van der Waals surface area (Å²) in [4.78, 5) is 7.67. The first-order valence-electron chi connectivity index (χ1n) is 4.85. The van der Waals surface area contributed by atoms with Gasteiger partial charge in [-0.2, -0.15) is 10.4 Å². The van der Waals surface area contributed by atoms with Crippen LogP contribution >= 0.6 is 0 Å². The molecule has 0 spiro atoms. The first-order chi connectivity index (χ1) is 8.36. The van der Waals surface area contributed by atoms with Crippen LogP contribution in [0.2, 0.25) is 0 Å². The van der Waals surface area contributed by atoms with E-state index in [9.17, 15) is 0 Å². The van der Waals surface area contributed by atoms with Crippen molar-refractivity contribution in [1.29, 1.82) is 5.26 Å². The van der Waals surface area contributed by atoms with Crippen molar-refractivity contribution in [2.45, 2.75) is 0 Å². The van der Waals surface area contributed by atoms with Gasteiger partial charge in [-0.3, -0.25) is 10.3 Å². The number of aliphatic imine (C=N–C) groups is 2. The van der Waals surface area contributed by atoms with Crippen molar-refractivity contribution in [1.82, 2.24) is 10.7 Å². The summed E-state index contributed by atoms with van der Waals surface area (Å²) in [7, 11) is 1.57. The van der Waals surface area contributed by atoms with Gasteiger partial charge in [0, 0.05) is 7.05 Å². The summed E-state index contributed by atoms with van der Waals surface area (Å²) in [5.74, 6) is 0.305. The first-order valence-corrected chi connectivity index (χ1v) is 4.85. The lowest BCUT2D eigenvalue weighted by atomic mass is 10.2. The molecule has 6 nitrogen and oxygen atoms in total. The van der Waals surface area contributed by atoms with Gasteiger partial charge in [0.2, 0.25) is 5.96 Å². The average molecular weight is 228 g/mol. The van der Waals surface area contributed by atoms with E-state index in [0.29, 0.717) is 5.96 Å². The highest BCUT2D eigenvalue weighted by Crippen LogP contribution is 1.93. The summed E-state index contributed by atoms with van der Waals surface area (Å²) in [6.45, 7) is 0. The van der Waals surface area contributed by atoms with Crippen LogP contribution in [0.15, 0.2) is 45.4 Å². The molecule has 0 aliphatic carbocycles. The molecule has 0 saturated carbocycles. The quantitative estimate of drug-likeness (QED) is 0.262. The minimum Gasteiger partial charge on any atom is -0.283 e. The number of nitrogens with zero attached hydrogens (tertiary/aromatic N) is 4. The highest BCUT2D eigenvalue weighted by atomic mass is 15.4. The second kappa shape index (κ2) is 7.59. The molecule has 1 aromatic carbocycles. The topological polar surface area (TPSA) is 84.9 Å². The molecule has 0 aliphatic rings. The second-order valence-electron chi connectivity index (χ2n) is 2.84. The summed E-state index contributed by atoms with van der Waals surface area (Å²) in [5.41, 5.74) is 3.62. The number of rotatable bonds is 3. The van der Waals surface area contributed by atoms with E-state index >= 15 is 0 Å². The molecule has 0 atom stereocenters. The lowest BCUT2D eigenvalue weighted by Gasteiger charge is -1.97. The maximum absolute atomic E-state index is 8.23. The number of nitrogens with one attached hydrogen (secondary N) is 2. The van der Waals surface area contributed by atoms with Crippen molar-refractivity contribution in [3.63, 3.8) is 0 Å². The molecule has 0 radical (unpaired) electrons. The van der Waals surface area contributed by atoms with Gasteiger partial charge in [0.1, 0.15) is 6.34 Å². The molecule has 0 fully saturated rings. The average Bonchev–Trinajstić information content (AvgIpc) is 2.38. The third-order valence-corrected chi connectivity index (χ3v) is 1.71. The zero-order valence-electron chi connectivity index (χ0n) is 9.33. The smallest absolute Gasteiger partial charge is 0.239 e. The highest BCUT2D eigenvalue weighted by Gasteiger charge is 1.89. The lowest BCUT2D eigenvalue weighted by Crippen LogP contribution is -2.17. The Labute approximate surface area is 99.4 Å². The summed E-state index contributed by atoms with van der Waals surface area (Å²) in [5, 5.41) is 14.5. The van der Waals surface area contributed by atoms with Crippen molar-refractivity contribution in [3.8, 4) is 6.19 Å². The van der Waals surface area contributed by atoms with Crippen LogP contribution in [0.4, 0.5) is 0 Å². The van der Waals surface area contributed by atoms with E-state index in [-0.39, 0.29) is 0 Å². The second-order valence-corrected chi connectivity index (χ2v) is 2.84. The van der Waals surface area contributed by atoms with Crippen molar-refractivity contribution >= 4 is 18.5 Å². The largest absolute Gasteiger partial charge is 0.283 e. The van der Waals surface area contributed by atoms with Crippen LogP contribution in [0.5, 0.6) is 0 Å². The van der Waals surface area contributed by atoms with Gasteiger partial charge < -0.3 is 0 Å². The van der Waals surface area contributed by atoms with Crippen molar-refractivity contribution in [3.05, 3.63) is 35.9 Å². The Morgan fingerprint density at radius 3 is 2.76 bits per heavy atom. The fraction of sp³-hybridized carbons (Fsp3) is 0.0909. The molecule has 1 aromatic rings. The molecule has 2 N–H and O–H groups in total. The van der Waals surface area contributed by atoms with E-state index in [4.69, 9.17) is 5.26 Å². The van der Waals surface area contributed by atoms with Crippen LogP contribution in [0.3, 0.4) is 0 Å². The molecule has 0 amide bonds. The molecular formula is C11H12N6. The lowest BCUT2D eigenvalue weighted by molar-refractivity contribution is 1.01. The number of guanidine groups is 1. The van der Waals surface area contributed by atoms with Gasteiger partial charge >= 0.3 is 0 Å². The molecule has 0 heterocycles. The van der Waals surface area contributed by atoms with Gasteiger partial charge in [-0.25, -0.2) is 10.4 Å². The Hall–Kier alpha value is -2.68. The van der Waals surface area contributed by atoms with Crippen LogP contribution < -0.4 is 10.7 Å². The highest BCUT2D eigenvalue weighted by molar-refractivity contribution is 5.88. The maximum Gasteiger partial charge on any atom is 0.239 e. The van der Waals surface area contributed by atoms with Gasteiger partial charge in [-0.15, -0.1) is 0 Å². The van der Waals surface area contributed by atoms with Crippen molar-refractivity contribution in [2.75, 3.05) is 7.05 Å². The first kappa shape index (κ1) is 12.4. The van der Waals surface area contributed by atoms with Crippen LogP contribution in [0.25, 0.3) is 0 Å². The molecule has 0 aromatic heterocycles. The summed E-state index contributed by atoms with van der Waals surface area (Å²) >= 11 is 0. The number of hydrazone groups is 1. The minimum absolute atomic E-state index is 0.305. The third kappa shape index (κ3) is 5.09. The van der Waals surface area contributed by atoms with Crippen LogP contribution in [-0.4, -0.2) is 25.6 Å². The molecule has 86 valence electrons. The number of hydrogen-bond donors (Lipinski definition) is 2. The van der Waals surface area contributed by atoms with Gasteiger partial charge in [0.25, 0.3) is 0 Å². The molecule has 6 heteroatoms. The van der Waals surface area contributed by atoms with E-state index in [1.807, 2.05) is 30.3 Å². The van der Waals surface area contributed by atoms with Crippen LogP contribution in [-0.2, 0) is 0 Å².